The first-order chi connectivity index (χ1) is 5.88. The molecule has 1 aliphatic heterocycles. The molecule has 64 valence electrons. The van der Waals surface area contributed by atoms with Gasteiger partial charge in [-0.15, -0.1) is 0 Å². The quantitative estimate of drug-likeness (QED) is 0.680. The van der Waals surface area contributed by atoms with Gasteiger partial charge in [0.1, 0.15) is 0 Å². The topological polar surface area (TPSA) is 21.3 Å². The van der Waals surface area contributed by atoms with Gasteiger partial charge in [-0.05, 0) is 12.5 Å². The van der Waals surface area contributed by atoms with Gasteiger partial charge >= 0.3 is 0 Å². The van der Waals surface area contributed by atoms with Crippen molar-refractivity contribution >= 4 is 0 Å². The molecule has 1 fully saturated rings. The zero-order valence-electron chi connectivity index (χ0n) is 7.16. The van der Waals surface area contributed by atoms with Crippen molar-refractivity contribution in [1.82, 2.24) is 5.32 Å². The SMILES string of the molecule is C[C@@H]1NCO[C@@H]1c1ccccc1. The second kappa shape index (κ2) is 3.25. The molecule has 0 bridgehead atoms. The molecule has 1 aliphatic rings. The van der Waals surface area contributed by atoms with Crippen molar-refractivity contribution in [2.45, 2.75) is 19.1 Å². The van der Waals surface area contributed by atoms with Gasteiger partial charge in [0.05, 0.1) is 12.8 Å². The zero-order chi connectivity index (χ0) is 8.39. The van der Waals surface area contributed by atoms with Crippen LogP contribution in [-0.4, -0.2) is 12.8 Å². The van der Waals surface area contributed by atoms with E-state index in [1.54, 1.807) is 0 Å². The van der Waals surface area contributed by atoms with E-state index in [1.807, 2.05) is 18.2 Å². The number of benzene rings is 1. The monoisotopic (exact) mass is 163 g/mol. The van der Waals surface area contributed by atoms with Gasteiger partial charge in [0.2, 0.25) is 0 Å². The van der Waals surface area contributed by atoms with Crippen LogP contribution in [-0.2, 0) is 4.74 Å². The predicted molar refractivity (Wildman–Crippen MR) is 47.7 cm³/mol. The highest BCUT2D eigenvalue weighted by Gasteiger charge is 2.24. The Morgan fingerprint density at radius 1 is 1.33 bits per heavy atom. The Labute approximate surface area is 72.5 Å². The standard InChI is InChI=1S/C10H13NO/c1-8-10(12-7-11-8)9-5-3-2-4-6-9/h2-6,8,10-11H,7H2,1H3/t8-,10-/m0/s1. The molecular weight excluding hydrogens is 150 g/mol. The lowest BCUT2D eigenvalue weighted by atomic mass is 10.0. The molecule has 2 rings (SSSR count). The molecule has 1 aromatic carbocycles. The first kappa shape index (κ1) is 7.77. The maximum atomic E-state index is 5.54. The summed E-state index contributed by atoms with van der Waals surface area (Å²) in [4.78, 5) is 0. The minimum atomic E-state index is 0.228. The molecule has 2 atom stereocenters. The van der Waals surface area contributed by atoms with Crippen molar-refractivity contribution in [2.24, 2.45) is 0 Å². The Morgan fingerprint density at radius 3 is 2.67 bits per heavy atom. The van der Waals surface area contributed by atoms with Crippen LogP contribution in [0.5, 0.6) is 0 Å². The van der Waals surface area contributed by atoms with Gasteiger partial charge in [-0.2, -0.15) is 0 Å². The largest absolute Gasteiger partial charge is 0.357 e. The predicted octanol–water partition coefficient (Wildman–Crippen LogP) is 1.69. The number of ether oxygens (including phenoxy) is 1. The zero-order valence-corrected chi connectivity index (χ0v) is 7.16. The van der Waals surface area contributed by atoms with Crippen molar-refractivity contribution in [3.63, 3.8) is 0 Å². The second-order valence-electron chi connectivity index (χ2n) is 3.14. The van der Waals surface area contributed by atoms with Gasteiger partial charge in [0.25, 0.3) is 0 Å². The summed E-state index contributed by atoms with van der Waals surface area (Å²) in [6.07, 6.45) is 0.228. The summed E-state index contributed by atoms with van der Waals surface area (Å²) in [6, 6.07) is 10.7. The molecule has 0 aliphatic carbocycles. The summed E-state index contributed by atoms with van der Waals surface area (Å²) in [7, 11) is 0. The minimum Gasteiger partial charge on any atom is -0.357 e. The number of hydrogen-bond acceptors (Lipinski definition) is 2. The molecule has 1 N–H and O–H groups in total. The van der Waals surface area contributed by atoms with Crippen LogP contribution in [0.2, 0.25) is 0 Å². The van der Waals surface area contributed by atoms with Crippen molar-refractivity contribution in [1.29, 1.82) is 0 Å². The number of nitrogens with one attached hydrogen (secondary N) is 1. The summed E-state index contributed by atoms with van der Waals surface area (Å²) < 4.78 is 5.54. The molecule has 1 heterocycles. The van der Waals surface area contributed by atoms with E-state index in [-0.39, 0.29) is 6.10 Å². The Bertz CT molecular complexity index is 247. The molecule has 0 amide bonds. The highest BCUT2D eigenvalue weighted by atomic mass is 16.5. The van der Waals surface area contributed by atoms with Gasteiger partial charge in [0, 0.05) is 6.04 Å². The van der Waals surface area contributed by atoms with E-state index in [0.717, 1.165) is 0 Å². The van der Waals surface area contributed by atoms with Crippen molar-refractivity contribution < 1.29 is 4.74 Å². The lowest BCUT2D eigenvalue weighted by Gasteiger charge is -2.13. The molecule has 0 saturated carbocycles. The normalized spacial score (nSPS) is 29.1. The third kappa shape index (κ3) is 1.36. The Hall–Kier alpha value is -0.860. The fraction of sp³-hybridized carbons (Fsp3) is 0.400. The van der Waals surface area contributed by atoms with Crippen LogP contribution in [0, 0.1) is 0 Å². The smallest absolute Gasteiger partial charge is 0.0993 e. The van der Waals surface area contributed by atoms with E-state index in [1.165, 1.54) is 5.56 Å². The molecule has 0 radical (unpaired) electrons. The van der Waals surface area contributed by atoms with Crippen molar-refractivity contribution in [3.05, 3.63) is 35.9 Å². The molecule has 0 aromatic heterocycles. The summed E-state index contributed by atoms with van der Waals surface area (Å²) in [5.74, 6) is 0. The van der Waals surface area contributed by atoms with E-state index in [0.29, 0.717) is 12.8 Å². The first-order valence-corrected chi connectivity index (χ1v) is 4.28. The second-order valence-corrected chi connectivity index (χ2v) is 3.14. The van der Waals surface area contributed by atoms with Crippen LogP contribution >= 0.6 is 0 Å². The van der Waals surface area contributed by atoms with Gasteiger partial charge in [-0.25, -0.2) is 0 Å². The van der Waals surface area contributed by atoms with E-state index in [9.17, 15) is 0 Å². The highest BCUT2D eigenvalue weighted by molar-refractivity contribution is 5.19. The lowest BCUT2D eigenvalue weighted by molar-refractivity contribution is 0.105. The highest BCUT2D eigenvalue weighted by Crippen LogP contribution is 2.24. The molecule has 2 nitrogen and oxygen atoms in total. The van der Waals surface area contributed by atoms with Gasteiger partial charge < -0.3 is 4.74 Å². The fourth-order valence-electron chi connectivity index (χ4n) is 1.55. The summed E-state index contributed by atoms with van der Waals surface area (Å²) >= 11 is 0. The molecule has 12 heavy (non-hydrogen) atoms. The molecule has 2 heteroatoms. The molecule has 0 spiro atoms. The maximum Gasteiger partial charge on any atom is 0.0993 e. The van der Waals surface area contributed by atoms with Crippen LogP contribution in [0.25, 0.3) is 0 Å². The Kier molecular flexibility index (Phi) is 2.11. The Balaban J connectivity index is 2.19. The first-order valence-electron chi connectivity index (χ1n) is 4.28. The van der Waals surface area contributed by atoms with Crippen LogP contribution < -0.4 is 5.32 Å². The van der Waals surface area contributed by atoms with Crippen LogP contribution in [0.15, 0.2) is 30.3 Å². The van der Waals surface area contributed by atoms with Crippen LogP contribution in [0.4, 0.5) is 0 Å². The van der Waals surface area contributed by atoms with E-state index < -0.39 is 0 Å². The van der Waals surface area contributed by atoms with Crippen LogP contribution in [0.3, 0.4) is 0 Å². The molecule has 0 unspecified atom stereocenters. The van der Waals surface area contributed by atoms with E-state index in [2.05, 4.69) is 24.4 Å². The van der Waals surface area contributed by atoms with E-state index >= 15 is 0 Å². The Morgan fingerprint density at radius 2 is 2.08 bits per heavy atom. The molecule has 1 saturated heterocycles. The van der Waals surface area contributed by atoms with Crippen molar-refractivity contribution in [2.75, 3.05) is 6.73 Å². The summed E-state index contributed by atoms with van der Waals surface area (Å²) in [5.41, 5.74) is 1.26. The summed E-state index contributed by atoms with van der Waals surface area (Å²) in [5, 5.41) is 3.25. The van der Waals surface area contributed by atoms with Crippen molar-refractivity contribution in [3.8, 4) is 0 Å². The van der Waals surface area contributed by atoms with E-state index in [4.69, 9.17) is 4.74 Å². The number of hydrogen-bond donors (Lipinski definition) is 1. The average Bonchev–Trinajstić information content (AvgIpc) is 2.53. The minimum absolute atomic E-state index is 0.228. The third-order valence-electron chi connectivity index (χ3n) is 2.25. The number of rotatable bonds is 1. The fourth-order valence-corrected chi connectivity index (χ4v) is 1.55. The lowest BCUT2D eigenvalue weighted by Crippen LogP contribution is -2.21. The van der Waals surface area contributed by atoms with Gasteiger partial charge in [-0.3, -0.25) is 5.32 Å². The third-order valence-corrected chi connectivity index (χ3v) is 2.25. The average molecular weight is 163 g/mol. The molecule has 1 aromatic rings. The molecular formula is C10H13NO. The van der Waals surface area contributed by atoms with Crippen LogP contribution in [0.1, 0.15) is 18.6 Å². The van der Waals surface area contributed by atoms with Gasteiger partial charge in [0.15, 0.2) is 0 Å². The summed E-state index contributed by atoms with van der Waals surface area (Å²) in [6.45, 7) is 2.81. The maximum absolute atomic E-state index is 5.54. The van der Waals surface area contributed by atoms with Gasteiger partial charge in [-0.1, -0.05) is 30.3 Å².